The van der Waals surface area contributed by atoms with Gasteiger partial charge in [-0.25, -0.2) is 4.98 Å². The number of ether oxygens (including phenoxy) is 2. The molecule has 1 N–H and O–H groups in total. The molecular weight excluding hydrogens is 322 g/mol. The predicted octanol–water partition coefficient (Wildman–Crippen LogP) is 1.63. The Morgan fingerprint density at radius 1 is 1.12 bits per heavy atom. The summed E-state index contributed by atoms with van der Waals surface area (Å²) in [7, 11) is 8.96. The largest absolute Gasteiger partial charge is 0.493 e. The average Bonchev–Trinajstić information content (AvgIpc) is 2.60. The molecule has 0 atom stereocenters. The summed E-state index contributed by atoms with van der Waals surface area (Å²) in [5.41, 5.74) is 0.518. The Morgan fingerprint density at radius 2 is 1.80 bits per heavy atom. The van der Waals surface area contributed by atoms with Gasteiger partial charge in [0.15, 0.2) is 23.9 Å². The van der Waals surface area contributed by atoms with Crippen molar-refractivity contribution in [3.8, 4) is 11.5 Å². The van der Waals surface area contributed by atoms with Gasteiger partial charge in [0.05, 0.1) is 13.3 Å². The molecule has 1 amide bonds. The van der Waals surface area contributed by atoms with Gasteiger partial charge in [-0.1, -0.05) is 12.1 Å². The van der Waals surface area contributed by atoms with Crippen molar-refractivity contribution >= 4 is 23.4 Å². The van der Waals surface area contributed by atoms with Crippen LogP contribution in [0.25, 0.3) is 0 Å². The minimum absolute atomic E-state index is 0.150. The van der Waals surface area contributed by atoms with Gasteiger partial charge in [-0.2, -0.15) is 4.98 Å². The van der Waals surface area contributed by atoms with Crippen molar-refractivity contribution in [2.24, 2.45) is 0 Å². The lowest BCUT2D eigenvalue weighted by Crippen LogP contribution is -2.24. The van der Waals surface area contributed by atoms with Crippen LogP contribution in [0.15, 0.2) is 30.5 Å². The topological polar surface area (TPSA) is 79.8 Å². The molecule has 0 bridgehead atoms. The summed E-state index contributed by atoms with van der Waals surface area (Å²) in [5, 5.41) is 2.78. The van der Waals surface area contributed by atoms with E-state index in [1.807, 2.05) is 45.2 Å². The number of para-hydroxylation sites is 2. The second-order valence-electron chi connectivity index (χ2n) is 5.68. The van der Waals surface area contributed by atoms with Gasteiger partial charge in [-0.05, 0) is 12.1 Å². The van der Waals surface area contributed by atoms with Crippen LogP contribution in [0.2, 0.25) is 0 Å². The zero-order valence-corrected chi connectivity index (χ0v) is 15.1. The van der Waals surface area contributed by atoms with Gasteiger partial charge in [0.2, 0.25) is 5.95 Å². The van der Waals surface area contributed by atoms with E-state index in [4.69, 9.17) is 9.47 Å². The van der Waals surface area contributed by atoms with E-state index in [1.54, 1.807) is 30.3 Å². The molecule has 0 aliphatic heterocycles. The zero-order chi connectivity index (χ0) is 18.4. The summed E-state index contributed by atoms with van der Waals surface area (Å²) >= 11 is 0. The molecule has 2 aromatic rings. The molecule has 8 heteroatoms. The molecule has 0 saturated heterocycles. The van der Waals surface area contributed by atoms with Gasteiger partial charge in [0, 0.05) is 28.2 Å². The number of anilines is 3. The normalized spacial score (nSPS) is 10.1. The minimum Gasteiger partial charge on any atom is -0.493 e. The average molecular weight is 345 g/mol. The smallest absolute Gasteiger partial charge is 0.262 e. The van der Waals surface area contributed by atoms with Gasteiger partial charge < -0.3 is 24.6 Å². The van der Waals surface area contributed by atoms with Gasteiger partial charge >= 0.3 is 0 Å². The third-order valence-corrected chi connectivity index (χ3v) is 3.28. The van der Waals surface area contributed by atoms with Crippen molar-refractivity contribution in [3.63, 3.8) is 0 Å². The second kappa shape index (κ2) is 8.18. The molecule has 0 radical (unpaired) electrons. The molecule has 0 aliphatic rings. The lowest BCUT2D eigenvalue weighted by Gasteiger charge is -2.19. The van der Waals surface area contributed by atoms with Crippen LogP contribution in [-0.2, 0) is 4.79 Å². The highest BCUT2D eigenvalue weighted by Crippen LogP contribution is 2.26. The lowest BCUT2D eigenvalue weighted by atomic mass is 10.3. The quantitative estimate of drug-likeness (QED) is 0.817. The molecular formula is C17H23N5O3. The number of methoxy groups -OCH3 is 1. The van der Waals surface area contributed by atoms with Crippen LogP contribution >= 0.6 is 0 Å². The van der Waals surface area contributed by atoms with Crippen molar-refractivity contribution in [1.29, 1.82) is 0 Å². The number of hydrogen-bond acceptors (Lipinski definition) is 7. The Balaban J connectivity index is 2.07. The van der Waals surface area contributed by atoms with Gasteiger partial charge in [-0.3, -0.25) is 4.79 Å². The zero-order valence-electron chi connectivity index (χ0n) is 15.1. The maximum atomic E-state index is 12.2. The number of carbonyl (C=O) groups is 1. The highest BCUT2D eigenvalue weighted by molar-refractivity contribution is 5.94. The highest BCUT2D eigenvalue weighted by atomic mass is 16.5. The van der Waals surface area contributed by atoms with Crippen molar-refractivity contribution in [1.82, 2.24) is 9.97 Å². The number of carbonyl (C=O) groups excluding carboxylic acids is 1. The van der Waals surface area contributed by atoms with Crippen molar-refractivity contribution in [2.75, 3.05) is 57.0 Å². The summed E-state index contributed by atoms with van der Waals surface area (Å²) in [5.74, 6) is 1.95. The van der Waals surface area contributed by atoms with Gasteiger partial charge in [-0.15, -0.1) is 0 Å². The fraction of sp³-hybridized carbons (Fsp3) is 0.353. The van der Waals surface area contributed by atoms with Crippen LogP contribution in [0, 0.1) is 0 Å². The first kappa shape index (κ1) is 18.3. The number of nitrogens with zero attached hydrogens (tertiary/aromatic N) is 4. The number of amides is 1. The van der Waals surface area contributed by atoms with Crippen LogP contribution in [0.4, 0.5) is 17.5 Å². The van der Waals surface area contributed by atoms with E-state index < -0.39 is 0 Å². The summed E-state index contributed by atoms with van der Waals surface area (Å²) in [6.07, 6.45) is 1.58. The Kier molecular flexibility index (Phi) is 5.99. The Morgan fingerprint density at radius 3 is 2.40 bits per heavy atom. The minimum atomic E-state index is -0.310. The van der Waals surface area contributed by atoms with Crippen molar-refractivity contribution in [2.45, 2.75) is 0 Å². The Labute approximate surface area is 147 Å². The maximum absolute atomic E-state index is 12.2. The Bertz CT molecular complexity index is 734. The molecule has 0 aliphatic carbocycles. The molecule has 0 fully saturated rings. The van der Waals surface area contributed by atoms with E-state index in [-0.39, 0.29) is 12.5 Å². The van der Waals surface area contributed by atoms with Crippen LogP contribution in [0.5, 0.6) is 11.5 Å². The number of aromatic nitrogens is 2. The predicted molar refractivity (Wildman–Crippen MR) is 97.8 cm³/mol. The maximum Gasteiger partial charge on any atom is 0.262 e. The SMILES string of the molecule is COc1ccccc1OCC(=O)Nc1cnc(N(C)C)nc1N(C)C. The number of hydrogen-bond donors (Lipinski definition) is 1. The van der Waals surface area contributed by atoms with Crippen LogP contribution < -0.4 is 24.6 Å². The molecule has 1 heterocycles. The number of rotatable bonds is 7. The fourth-order valence-electron chi connectivity index (χ4n) is 2.08. The van der Waals surface area contributed by atoms with Crippen molar-refractivity contribution < 1.29 is 14.3 Å². The molecule has 1 aromatic carbocycles. The third-order valence-electron chi connectivity index (χ3n) is 3.28. The molecule has 0 unspecified atom stereocenters. The first-order valence-electron chi connectivity index (χ1n) is 7.69. The summed E-state index contributed by atoms with van der Waals surface area (Å²) < 4.78 is 10.7. The van der Waals surface area contributed by atoms with Crippen molar-refractivity contribution in [3.05, 3.63) is 30.5 Å². The van der Waals surface area contributed by atoms with E-state index in [9.17, 15) is 4.79 Å². The number of benzene rings is 1. The van der Waals surface area contributed by atoms with E-state index in [1.165, 1.54) is 0 Å². The van der Waals surface area contributed by atoms with E-state index in [0.717, 1.165) is 0 Å². The number of nitrogens with one attached hydrogen (secondary N) is 1. The second-order valence-corrected chi connectivity index (χ2v) is 5.68. The Hall–Kier alpha value is -3.03. The molecule has 2 rings (SSSR count). The molecule has 1 aromatic heterocycles. The summed E-state index contributed by atoms with van der Waals surface area (Å²) in [4.78, 5) is 24.5. The highest BCUT2D eigenvalue weighted by Gasteiger charge is 2.14. The molecule has 25 heavy (non-hydrogen) atoms. The monoisotopic (exact) mass is 345 g/mol. The van der Waals surface area contributed by atoms with Crippen LogP contribution in [0.1, 0.15) is 0 Å². The molecule has 134 valence electrons. The molecule has 0 saturated carbocycles. The van der Waals surface area contributed by atoms with Crippen LogP contribution in [-0.4, -0.2) is 57.8 Å². The van der Waals surface area contributed by atoms with Gasteiger partial charge in [0.25, 0.3) is 5.91 Å². The lowest BCUT2D eigenvalue weighted by molar-refractivity contribution is -0.118. The van der Waals surface area contributed by atoms with Gasteiger partial charge in [0.1, 0.15) is 5.69 Å². The van der Waals surface area contributed by atoms with E-state index in [2.05, 4.69) is 15.3 Å². The molecule has 8 nitrogen and oxygen atoms in total. The first-order chi connectivity index (χ1) is 11.9. The van der Waals surface area contributed by atoms with E-state index >= 15 is 0 Å². The summed E-state index contributed by atoms with van der Waals surface area (Å²) in [6.45, 7) is -0.150. The van der Waals surface area contributed by atoms with E-state index in [0.29, 0.717) is 29.0 Å². The van der Waals surface area contributed by atoms with Crippen LogP contribution in [0.3, 0.4) is 0 Å². The third kappa shape index (κ3) is 4.72. The standard InChI is InChI=1S/C17H23N5O3/c1-21(2)16-12(10-18-17(20-16)22(3)4)19-15(23)11-25-14-9-7-6-8-13(14)24-5/h6-10H,11H2,1-5H3,(H,19,23). The first-order valence-corrected chi connectivity index (χ1v) is 7.69. The summed E-state index contributed by atoms with van der Waals surface area (Å²) in [6, 6.07) is 7.16. The molecule has 0 spiro atoms. The fourth-order valence-corrected chi connectivity index (χ4v) is 2.08.